The molecule has 0 aromatic heterocycles. The number of rotatable bonds is 3. The minimum atomic E-state index is -5.19. The minimum Gasteiger partial charge on any atom is -0.293 e. The first-order chi connectivity index (χ1) is 12.6. The van der Waals surface area contributed by atoms with Gasteiger partial charge in [-0.15, -0.1) is 0 Å². The lowest BCUT2D eigenvalue weighted by molar-refractivity contribution is -0.580. The van der Waals surface area contributed by atoms with Gasteiger partial charge in [0.2, 0.25) is 0 Å². The van der Waals surface area contributed by atoms with E-state index < -0.39 is 35.3 Å². The molecule has 0 aliphatic carbocycles. The second-order valence-electron chi connectivity index (χ2n) is 6.00. The van der Waals surface area contributed by atoms with Crippen molar-refractivity contribution in [2.75, 3.05) is 0 Å². The summed E-state index contributed by atoms with van der Waals surface area (Å²) in [6.07, 6.45) is -5.19. The Morgan fingerprint density at radius 3 is 2.33 bits per heavy atom. The highest BCUT2D eigenvalue weighted by Crippen LogP contribution is 2.27. The van der Waals surface area contributed by atoms with E-state index in [9.17, 15) is 27.2 Å². The molecule has 1 heterocycles. The Kier molecular flexibility index (Phi) is 4.46. The maximum Gasteiger partial charge on any atom is 0.465 e. The minimum absolute atomic E-state index is 0.0573. The number of amidine groups is 1. The van der Waals surface area contributed by atoms with Crippen molar-refractivity contribution in [2.24, 2.45) is 0 Å². The molecule has 2 amide bonds. The largest absolute Gasteiger partial charge is 0.465 e. The summed E-state index contributed by atoms with van der Waals surface area (Å²) in [5.41, 5.74) is -2.93. The zero-order valence-corrected chi connectivity index (χ0v) is 13.9. The summed E-state index contributed by atoms with van der Waals surface area (Å²) in [6, 6.07) is 10.8. The zero-order chi connectivity index (χ0) is 19.8. The van der Waals surface area contributed by atoms with Gasteiger partial charge < -0.3 is 0 Å². The van der Waals surface area contributed by atoms with Crippen LogP contribution in [0.1, 0.15) is 21.5 Å². The lowest BCUT2D eigenvalue weighted by Gasteiger charge is -2.23. The molecule has 140 valence electrons. The van der Waals surface area contributed by atoms with Crippen molar-refractivity contribution in [3.63, 3.8) is 0 Å². The monoisotopic (exact) mass is 380 g/mol. The summed E-state index contributed by atoms with van der Waals surface area (Å²) in [5, 5.41) is 3.67. The first-order valence-electron chi connectivity index (χ1n) is 7.81. The van der Waals surface area contributed by atoms with Crippen LogP contribution in [-0.2, 0) is 4.79 Å². The highest BCUT2D eigenvalue weighted by Gasteiger charge is 2.70. The molecule has 1 atom stereocenters. The molecular formula is C18H14F4N3O2+. The molecule has 0 saturated carbocycles. The Morgan fingerprint density at radius 1 is 1.11 bits per heavy atom. The predicted octanol–water partition coefficient (Wildman–Crippen LogP) is 0.780. The average Bonchev–Trinajstić information content (AvgIpc) is 2.93. The topological polar surface area (TPSA) is 72.2 Å². The third-order valence-electron chi connectivity index (χ3n) is 4.07. The van der Waals surface area contributed by atoms with Gasteiger partial charge in [0, 0.05) is 5.56 Å². The average molecular weight is 380 g/mol. The lowest BCUT2D eigenvalue weighted by Crippen LogP contribution is -2.96. The van der Waals surface area contributed by atoms with Crippen LogP contribution in [0.2, 0.25) is 0 Å². The van der Waals surface area contributed by atoms with Crippen LogP contribution >= 0.6 is 0 Å². The lowest BCUT2D eigenvalue weighted by atomic mass is 10.1. The third kappa shape index (κ3) is 3.27. The van der Waals surface area contributed by atoms with Crippen molar-refractivity contribution in [1.82, 2.24) is 10.6 Å². The van der Waals surface area contributed by atoms with E-state index in [-0.39, 0.29) is 11.1 Å². The predicted molar refractivity (Wildman–Crippen MR) is 87.0 cm³/mol. The fourth-order valence-electron chi connectivity index (χ4n) is 2.59. The van der Waals surface area contributed by atoms with Crippen molar-refractivity contribution in [1.29, 1.82) is 0 Å². The summed E-state index contributed by atoms with van der Waals surface area (Å²) >= 11 is 0. The Morgan fingerprint density at radius 2 is 1.74 bits per heavy atom. The third-order valence-corrected chi connectivity index (χ3v) is 4.07. The highest BCUT2D eigenvalue weighted by atomic mass is 19.4. The number of nitrogens with one attached hydrogen (secondary N) is 3. The van der Waals surface area contributed by atoms with E-state index in [4.69, 9.17) is 0 Å². The highest BCUT2D eigenvalue weighted by molar-refractivity contribution is 6.11. The van der Waals surface area contributed by atoms with Crippen molar-refractivity contribution >= 4 is 17.6 Å². The van der Waals surface area contributed by atoms with E-state index in [2.05, 4.69) is 0 Å². The van der Waals surface area contributed by atoms with Crippen molar-refractivity contribution < 1.29 is 32.1 Å². The van der Waals surface area contributed by atoms with E-state index in [1.807, 2.05) is 10.3 Å². The summed E-state index contributed by atoms with van der Waals surface area (Å²) in [7, 11) is 0. The molecule has 9 heteroatoms. The van der Waals surface area contributed by atoms with Gasteiger partial charge in [-0.2, -0.15) is 13.2 Å². The smallest absolute Gasteiger partial charge is 0.293 e. The number of halogens is 4. The van der Waals surface area contributed by atoms with Gasteiger partial charge in [-0.05, 0) is 31.2 Å². The zero-order valence-electron chi connectivity index (χ0n) is 13.9. The van der Waals surface area contributed by atoms with Gasteiger partial charge in [0.05, 0.1) is 5.56 Å². The molecule has 0 bridgehead atoms. The van der Waals surface area contributed by atoms with Crippen LogP contribution in [0.15, 0.2) is 48.5 Å². The molecule has 1 aliphatic rings. The van der Waals surface area contributed by atoms with Gasteiger partial charge in [0.15, 0.2) is 0 Å². The van der Waals surface area contributed by atoms with Crippen LogP contribution < -0.4 is 15.6 Å². The van der Waals surface area contributed by atoms with Crippen LogP contribution in [-0.4, -0.2) is 29.5 Å². The van der Waals surface area contributed by atoms with E-state index in [0.29, 0.717) is 0 Å². The van der Waals surface area contributed by atoms with Crippen LogP contribution in [0.3, 0.4) is 0 Å². The van der Waals surface area contributed by atoms with E-state index in [1.165, 1.54) is 30.3 Å². The van der Waals surface area contributed by atoms with Crippen LogP contribution in [0.25, 0.3) is 0 Å². The number of hydrogen-bond acceptors (Lipinski definition) is 2. The molecule has 0 fully saturated rings. The Labute approximate surface area is 151 Å². The van der Waals surface area contributed by atoms with Crippen LogP contribution in [0.5, 0.6) is 0 Å². The van der Waals surface area contributed by atoms with Crippen molar-refractivity contribution in [3.05, 3.63) is 71.0 Å². The molecule has 3 N–H and O–H groups in total. The van der Waals surface area contributed by atoms with Crippen molar-refractivity contribution in [2.45, 2.75) is 18.8 Å². The van der Waals surface area contributed by atoms with E-state index in [0.717, 1.165) is 11.6 Å². The second-order valence-corrected chi connectivity index (χ2v) is 6.00. The van der Waals surface area contributed by atoms with E-state index >= 15 is 0 Å². The number of alkyl halides is 3. The van der Waals surface area contributed by atoms with Crippen molar-refractivity contribution in [3.8, 4) is 0 Å². The molecule has 0 radical (unpaired) electrons. The fraction of sp³-hybridized carbons (Fsp3) is 0.167. The maximum atomic E-state index is 13.9. The van der Waals surface area contributed by atoms with Gasteiger partial charge in [0.1, 0.15) is 5.82 Å². The standard InChI is InChI=1S/C18H13F4N3O2/c1-10-6-8-11(9-7-10)15(26)25-17(18(20,21)22)16(27)23-14(24-17)12-4-2-3-5-13(12)19/h2-9H,1H3,(H,25,26)(H,23,24,27)/p+1/t17-/m1/s1. The summed E-state index contributed by atoms with van der Waals surface area (Å²) in [5.74, 6) is -3.98. The molecule has 0 unspecified atom stereocenters. The second kappa shape index (κ2) is 6.49. The first kappa shape index (κ1) is 18.6. The van der Waals surface area contributed by atoms with Gasteiger partial charge in [-0.25, -0.2) is 19.5 Å². The molecule has 1 aliphatic heterocycles. The molecule has 0 spiro atoms. The summed E-state index contributed by atoms with van der Waals surface area (Å²) in [6.45, 7) is 1.75. The molecule has 2 aromatic rings. The molecule has 0 saturated heterocycles. The Hall–Kier alpha value is -3.23. The van der Waals surface area contributed by atoms with Gasteiger partial charge >= 0.3 is 17.7 Å². The van der Waals surface area contributed by atoms with Crippen LogP contribution in [0, 0.1) is 12.7 Å². The molecular weight excluding hydrogens is 366 g/mol. The molecule has 2 aromatic carbocycles. The number of amides is 2. The quantitative estimate of drug-likeness (QED) is 0.689. The fourth-order valence-corrected chi connectivity index (χ4v) is 2.59. The van der Waals surface area contributed by atoms with Crippen LogP contribution in [0.4, 0.5) is 17.6 Å². The number of hydrogen-bond donors (Lipinski definition) is 3. The normalized spacial score (nSPS) is 19.4. The number of carbonyl (C=O) groups excluding carboxylic acids is 2. The molecule has 5 nitrogen and oxygen atoms in total. The number of benzene rings is 2. The first-order valence-corrected chi connectivity index (χ1v) is 7.81. The SMILES string of the molecule is Cc1ccc(C(=O)N[C@]2(C(F)(F)F)[NH+]=C(c3ccccc3F)NC2=O)cc1. The maximum absolute atomic E-state index is 13.9. The Balaban J connectivity index is 2.03. The Bertz CT molecular complexity index is 938. The number of carbonyl (C=O) groups is 2. The van der Waals surface area contributed by atoms with E-state index in [1.54, 1.807) is 24.4 Å². The van der Waals surface area contributed by atoms with Gasteiger partial charge in [0.25, 0.3) is 11.7 Å². The molecule has 3 rings (SSSR count). The number of aryl methyl sites for hydroxylation is 1. The summed E-state index contributed by atoms with van der Waals surface area (Å²) in [4.78, 5) is 26.4. The summed E-state index contributed by atoms with van der Waals surface area (Å²) < 4.78 is 55.2. The molecule has 27 heavy (non-hydrogen) atoms. The van der Waals surface area contributed by atoms with Gasteiger partial charge in [-0.1, -0.05) is 29.8 Å². The van der Waals surface area contributed by atoms with Gasteiger partial charge in [-0.3, -0.25) is 10.1 Å².